The van der Waals surface area contributed by atoms with E-state index in [1.807, 2.05) is 18.3 Å². The zero-order valence-electron chi connectivity index (χ0n) is 6.28. The molecule has 3 nitrogen and oxygen atoms in total. The maximum atomic E-state index is 10.0. The number of aromatic nitrogens is 1. The van der Waals surface area contributed by atoms with Crippen LogP contribution in [0.2, 0.25) is 0 Å². The number of carbonyl (C=O) groups excluding carboxylic acids is 1. The van der Waals surface area contributed by atoms with Crippen LogP contribution in [0, 0.1) is 0 Å². The summed E-state index contributed by atoms with van der Waals surface area (Å²) in [6.07, 6.45) is 1.84. The number of H-pyrrole nitrogens is 1. The second-order valence-electron chi connectivity index (χ2n) is 2.44. The van der Waals surface area contributed by atoms with E-state index in [1.54, 1.807) is 12.1 Å². The maximum absolute atomic E-state index is 10.0. The van der Waals surface area contributed by atoms with E-state index in [9.17, 15) is 4.79 Å². The first-order valence-corrected chi connectivity index (χ1v) is 3.57. The largest absolute Gasteiger partial charge is 0.429 e. The van der Waals surface area contributed by atoms with Crippen molar-refractivity contribution >= 4 is 17.4 Å². The fourth-order valence-electron chi connectivity index (χ4n) is 1.16. The number of hydrogen-bond donors (Lipinski definition) is 1. The molecule has 0 saturated heterocycles. The molecule has 12 heavy (non-hydrogen) atoms. The van der Waals surface area contributed by atoms with Crippen LogP contribution in [0.3, 0.4) is 0 Å². The molecule has 0 aliphatic heterocycles. The van der Waals surface area contributed by atoms with Crippen LogP contribution in [0.15, 0.2) is 30.5 Å². The second-order valence-corrected chi connectivity index (χ2v) is 2.44. The number of hydrogen-bond acceptors (Lipinski definition) is 2. The van der Waals surface area contributed by atoms with E-state index in [-0.39, 0.29) is 0 Å². The van der Waals surface area contributed by atoms with E-state index < -0.39 is 0 Å². The van der Waals surface area contributed by atoms with Crippen molar-refractivity contribution < 1.29 is 9.53 Å². The van der Waals surface area contributed by atoms with Crippen molar-refractivity contribution in [2.75, 3.05) is 0 Å². The minimum Gasteiger partial charge on any atom is -0.429 e. The molecule has 0 aliphatic rings. The minimum atomic E-state index is 0.421. The van der Waals surface area contributed by atoms with E-state index in [4.69, 9.17) is 0 Å². The van der Waals surface area contributed by atoms with Gasteiger partial charge in [0.05, 0.1) is 0 Å². The van der Waals surface area contributed by atoms with Crippen molar-refractivity contribution in [3.8, 4) is 5.75 Å². The van der Waals surface area contributed by atoms with Gasteiger partial charge in [-0.05, 0) is 23.6 Å². The molecular formula is C9H7NO2. The molecule has 0 saturated carbocycles. The normalized spacial score (nSPS) is 10.0. The first-order chi connectivity index (χ1) is 5.90. The molecule has 0 aliphatic carbocycles. The Morgan fingerprint density at radius 1 is 1.33 bits per heavy atom. The third-order valence-corrected chi connectivity index (χ3v) is 1.71. The molecule has 0 amide bonds. The first-order valence-electron chi connectivity index (χ1n) is 3.57. The Balaban J connectivity index is 2.52. The molecule has 1 aromatic heterocycles. The summed E-state index contributed by atoms with van der Waals surface area (Å²) >= 11 is 0. The van der Waals surface area contributed by atoms with Crippen LogP contribution >= 0.6 is 0 Å². The van der Waals surface area contributed by atoms with Gasteiger partial charge in [-0.25, -0.2) is 0 Å². The summed E-state index contributed by atoms with van der Waals surface area (Å²) in [4.78, 5) is 13.0. The molecule has 0 unspecified atom stereocenters. The second kappa shape index (κ2) is 2.70. The lowest BCUT2D eigenvalue weighted by molar-refractivity contribution is -0.120. The smallest absolute Gasteiger partial charge is 0.298 e. The fourth-order valence-corrected chi connectivity index (χ4v) is 1.16. The zero-order valence-corrected chi connectivity index (χ0v) is 6.28. The van der Waals surface area contributed by atoms with E-state index >= 15 is 0 Å². The number of benzene rings is 1. The van der Waals surface area contributed by atoms with Crippen molar-refractivity contribution in [2.24, 2.45) is 0 Å². The lowest BCUT2D eigenvalue weighted by atomic mass is 10.2. The zero-order chi connectivity index (χ0) is 8.39. The van der Waals surface area contributed by atoms with Gasteiger partial charge in [0, 0.05) is 17.8 Å². The molecular weight excluding hydrogens is 154 g/mol. The molecule has 1 N–H and O–H groups in total. The van der Waals surface area contributed by atoms with Gasteiger partial charge < -0.3 is 9.72 Å². The van der Waals surface area contributed by atoms with Crippen LogP contribution in [0.1, 0.15) is 0 Å². The highest BCUT2D eigenvalue weighted by molar-refractivity contribution is 5.80. The summed E-state index contributed by atoms with van der Waals surface area (Å²) in [5.74, 6) is 0.556. The summed E-state index contributed by atoms with van der Waals surface area (Å²) < 4.78 is 4.68. The molecule has 0 radical (unpaired) electrons. The monoisotopic (exact) mass is 161 g/mol. The lowest BCUT2D eigenvalue weighted by Gasteiger charge is -1.96. The van der Waals surface area contributed by atoms with Crippen LogP contribution in [-0.4, -0.2) is 11.5 Å². The highest BCUT2D eigenvalue weighted by Crippen LogP contribution is 2.18. The molecule has 0 spiro atoms. The standard InChI is InChI=1S/C9H7NO2/c11-6-12-8-2-1-7-3-4-10-9(7)5-8/h1-6,10H. The van der Waals surface area contributed by atoms with Crippen LogP contribution in [-0.2, 0) is 4.79 Å². The predicted molar refractivity (Wildman–Crippen MR) is 45.0 cm³/mol. The molecule has 1 aromatic carbocycles. The van der Waals surface area contributed by atoms with Crippen molar-refractivity contribution in [1.82, 2.24) is 4.98 Å². The van der Waals surface area contributed by atoms with Gasteiger partial charge in [-0.1, -0.05) is 0 Å². The van der Waals surface area contributed by atoms with Gasteiger partial charge in [-0.3, -0.25) is 4.79 Å². The van der Waals surface area contributed by atoms with Crippen LogP contribution in [0.5, 0.6) is 5.75 Å². The molecule has 3 heteroatoms. The quantitative estimate of drug-likeness (QED) is 0.681. The van der Waals surface area contributed by atoms with Gasteiger partial charge in [0.2, 0.25) is 0 Å². The lowest BCUT2D eigenvalue weighted by Crippen LogP contribution is -1.87. The Morgan fingerprint density at radius 2 is 2.25 bits per heavy atom. The van der Waals surface area contributed by atoms with Gasteiger partial charge in [-0.15, -0.1) is 0 Å². The number of aromatic amines is 1. The van der Waals surface area contributed by atoms with Crippen LogP contribution in [0.25, 0.3) is 10.9 Å². The Labute approximate surface area is 69.0 Å². The van der Waals surface area contributed by atoms with E-state index in [1.165, 1.54) is 0 Å². The van der Waals surface area contributed by atoms with Crippen molar-refractivity contribution in [3.63, 3.8) is 0 Å². The van der Waals surface area contributed by atoms with Gasteiger partial charge in [0.1, 0.15) is 5.75 Å². The number of fused-ring (bicyclic) bond motifs is 1. The van der Waals surface area contributed by atoms with Crippen molar-refractivity contribution in [1.29, 1.82) is 0 Å². The molecule has 2 aromatic rings. The fraction of sp³-hybridized carbons (Fsp3) is 0. The highest BCUT2D eigenvalue weighted by Gasteiger charge is 1.96. The third-order valence-electron chi connectivity index (χ3n) is 1.71. The van der Waals surface area contributed by atoms with E-state index in [0.717, 1.165) is 10.9 Å². The topological polar surface area (TPSA) is 42.1 Å². The summed E-state index contributed by atoms with van der Waals surface area (Å²) in [6, 6.07) is 7.39. The molecule has 1 heterocycles. The Kier molecular flexibility index (Phi) is 1.55. The first kappa shape index (κ1) is 6.91. The summed E-state index contributed by atoms with van der Waals surface area (Å²) in [6.45, 7) is 0.421. The van der Waals surface area contributed by atoms with Crippen LogP contribution < -0.4 is 4.74 Å². The third kappa shape index (κ3) is 1.05. The predicted octanol–water partition coefficient (Wildman–Crippen LogP) is 1.70. The Morgan fingerprint density at radius 3 is 3.08 bits per heavy atom. The SMILES string of the molecule is O=COc1ccc2cc[nH]c2c1. The van der Waals surface area contributed by atoms with E-state index in [2.05, 4.69) is 9.72 Å². The number of carbonyl (C=O) groups is 1. The molecule has 60 valence electrons. The van der Waals surface area contributed by atoms with Gasteiger partial charge in [0.15, 0.2) is 0 Å². The van der Waals surface area contributed by atoms with Gasteiger partial charge in [-0.2, -0.15) is 0 Å². The average Bonchev–Trinajstić information content (AvgIpc) is 2.51. The number of ether oxygens (including phenoxy) is 1. The molecule has 2 rings (SSSR count). The van der Waals surface area contributed by atoms with E-state index in [0.29, 0.717) is 12.2 Å². The van der Waals surface area contributed by atoms with Gasteiger partial charge in [0.25, 0.3) is 6.47 Å². The minimum absolute atomic E-state index is 0.421. The van der Waals surface area contributed by atoms with Crippen LogP contribution in [0.4, 0.5) is 0 Å². The van der Waals surface area contributed by atoms with Crippen molar-refractivity contribution in [3.05, 3.63) is 30.5 Å². The summed E-state index contributed by atoms with van der Waals surface area (Å²) in [5, 5.41) is 1.10. The number of rotatable bonds is 2. The molecule has 0 fully saturated rings. The Hall–Kier alpha value is -1.77. The summed E-state index contributed by atoms with van der Waals surface area (Å²) in [5.41, 5.74) is 0.967. The molecule has 0 atom stereocenters. The maximum Gasteiger partial charge on any atom is 0.298 e. The number of nitrogens with one attached hydrogen (secondary N) is 1. The average molecular weight is 161 g/mol. The Bertz CT molecular complexity index is 406. The summed E-state index contributed by atoms with van der Waals surface area (Å²) in [7, 11) is 0. The van der Waals surface area contributed by atoms with Crippen molar-refractivity contribution in [2.45, 2.75) is 0 Å². The van der Waals surface area contributed by atoms with Gasteiger partial charge >= 0.3 is 0 Å². The molecule has 0 bridgehead atoms. The highest BCUT2D eigenvalue weighted by atomic mass is 16.5.